The van der Waals surface area contributed by atoms with Gasteiger partial charge in [-0.15, -0.1) is 0 Å². The maximum atomic E-state index is 12.1. The van der Waals surface area contributed by atoms with E-state index in [4.69, 9.17) is 0 Å². The molecule has 3 rings (SSSR count). The molecule has 22 heavy (non-hydrogen) atoms. The Bertz CT molecular complexity index is 763. The fourth-order valence-electron chi connectivity index (χ4n) is 2.16. The summed E-state index contributed by atoms with van der Waals surface area (Å²) in [4.78, 5) is 16.4. The van der Waals surface area contributed by atoms with E-state index in [0.29, 0.717) is 11.4 Å². The molecule has 0 aliphatic heterocycles. The van der Waals surface area contributed by atoms with Crippen LogP contribution in [0.4, 0.5) is 5.82 Å². The van der Waals surface area contributed by atoms with E-state index >= 15 is 0 Å². The van der Waals surface area contributed by atoms with Crippen LogP contribution in [-0.2, 0) is 0 Å². The van der Waals surface area contributed by atoms with Crippen LogP contribution in [0.2, 0.25) is 0 Å². The van der Waals surface area contributed by atoms with Crippen LogP contribution in [0.3, 0.4) is 0 Å². The van der Waals surface area contributed by atoms with Gasteiger partial charge in [-0.3, -0.25) is 4.79 Å². The van der Waals surface area contributed by atoms with Crippen molar-refractivity contribution in [1.29, 1.82) is 0 Å². The molecule has 0 saturated carbocycles. The lowest BCUT2D eigenvalue weighted by molar-refractivity contribution is 0.102. The smallest absolute Gasteiger partial charge is 0.256 e. The van der Waals surface area contributed by atoms with Gasteiger partial charge < -0.3 is 5.32 Å². The van der Waals surface area contributed by atoms with Crippen LogP contribution in [0, 0.1) is 6.92 Å². The van der Waals surface area contributed by atoms with Gasteiger partial charge in [0.05, 0.1) is 0 Å². The minimum absolute atomic E-state index is 0.156. The Kier molecular flexibility index (Phi) is 3.97. The maximum absolute atomic E-state index is 12.1. The highest BCUT2D eigenvalue weighted by Crippen LogP contribution is 2.20. The monoisotopic (exact) mass is 288 g/mol. The number of rotatable bonds is 3. The van der Waals surface area contributed by atoms with Crippen LogP contribution in [0.5, 0.6) is 0 Å². The molecule has 1 aromatic heterocycles. The van der Waals surface area contributed by atoms with Crippen molar-refractivity contribution in [2.75, 3.05) is 5.32 Å². The molecule has 0 bridgehead atoms. The maximum Gasteiger partial charge on any atom is 0.256 e. The molecular formula is C19H16N2O. The van der Waals surface area contributed by atoms with Crippen molar-refractivity contribution in [2.45, 2.75) is 6.92 Å². The number of pyridine rings is 1. The van der Waals surface area contributed by atoms with E-state index in [9.17, 15) is 4.79 Å². The minimum Gasteiger partial charge on any atom is -0.307 e. The van der Waals surface area contributed by atoms with Gasteiger partial charge in [0, 0.05) is 17.3 Å². The molecule has 0 unspecified atom stereocenters. The van der Waals surface area contributed by atoms with Crippen LogP contribution in [0.25, 0.3) is 11.1 Å². The molecule has 108 valence electrons. The van der Waals surface area contributed by atoms with Crippen LogP contribution in [0.15, 0.2) is 72.9 Å². The lowest BCUT2D eigenvalue weighted by Crippen LogP contribution is -2.12. The van der Waals surface area contributed by atoms with E-state index in [1.165, 1.54) is 5.56 Å². The number of nitrogens with zero attached hydrogens (tertiary/aromatic N) is 1. The Morgan fingerprint density at radius 2 is 1.55 bits per heavy atom. The number of nitrogens with one attached hydrogen (secondary N) is 1. The first-order valence-corrected chi connectivity index (χ1v) is 7.12. The van der Waals surface area contributed by atoms with Crippen LogP contribution >= 0.6 is 0 Å². The van der Waals surface area contributed by atoms with Gasteiger partial charge in [-0.2, -0.15) is 0 Å². The third kappa shape index (κ3) is 3.20. The molecule has 3 aromatic rings. The van der Waals surface area contributed by atoms with Crippen molar-refractivity contribution >= 4 is 11.7 Å². The van der Waals surface area contributed by atoms with Crippen molar-refractivity contribution in [3.8, 4) is 11.1 Å². The fraction of sp³-hybridized carbons (Fsp3) is 0.0526. The Labute approximate surface area is 129 Å². The lowest BCUT2D eigenvalue weighted by Gasteiger charge is -2.06. The standard InChI is InChI=1S/C19H16N2O/c1-14-7-9-15(10-8-14)17-11-12-18(20-13-17)21-19(22)16-5-3-2-4-6-16/h2-13H,1H3,(H,20,21,22). The van der Waals surface area contributed by atoms with Crippen molar-refractivity contribution in [3.63, 3.8) is 0 Å². The lowest BCUT2D eigenvalue weighted by atomic mass is 10.1. The Balaban J connectivity index is 1.74. The van der Waals surface area contributed by atoms with Crippen molar-refractivity contribution in [3.05, 3.63) is 84.1 Å². The van der Waals surface area contributed by atoms with Gasteiger partial charge in [-0.1, -0.05) is 48.0 Å². The predicted molar refractivity (Wildman–Crippen MR) is 88.8 cm³/mol. The molecule has 0 saturated heterocycles. The average Bonchev–Trinajstić information content (AvgIpc) is 2.57. The highest BCUT2D eigenvalue weighted by Gasteiger charge is 2.06. The molecule has 3 heteroatoms. The van der Waals surface area contributed by atoms with Crippen LogP contribution in [-0.4, -0.2) is 10.9 Å². The summed E-state index contributed by atoms with van der Waals surface area (Å²) >= 11 is 0. The van der Waals surface area contributed by atoms with E-state index in [2.05, 4.69) is 41.5 Å². The van der Waals surface area contributed by atoms with Gasteiger partial charge in [-0.25, -0.2) is 4.98 Å². The number of amides is 1. The highest BCUT2D eigenvalue weighted by atomic mass is 16.1. The molecule has 0 spiro atoms. The molecule has 1 N–H and O–H groups in total. The summed E-state index contributed by atoms with van der Waals surface area (Å²) in [6.45, 7) is 2.06. The van der Waals surface area contributed by atoms with Gasteiger partial charge in [0.15, 0.2) is 0 Å². The quantitative estimate of drug-likeness (QED) is 0.780. The van der Waals surface area contributed by atoms with Gasteiger partial charge >= 0.3 is 0 Å². The summed E-state index contributed by atoms with van der Waals surface area (Å²) in [6, 6.07) is 21.1. The number of carbonyl (C=O) groups excluding carboxylic acids is 1. The van der Waals surface area contributed by atoms with Gasteiger partial charge in [-0.05, 0) is 36.8 Å². The zero-order chi connectivity index (χ0) is 15.4. The second-order valence-electron chi connectivity index (χ2n) is 5.12. The highest BCUT2D eigenvalue weighted by molar-refractivity contribution is 6.03. The number of hydrogen-bond donors (Lipinski definition) is 1. The Morgan fingerprint density at radius 3 is 2.18 bits per heavy atom. The first-order valence-electron chi connectivity index (χ1n) is 7.12. The summed E-state index contributed by atoms with van der Waals surface area (Å²) in [5.41, 5.74) is 3.98. The van der Waals surface area contributed by atoms with Gasteiger partial charge in [0.1, 0.15) is 5.82 Å². The number of carbonyl (C=O) groups is 1. The second-order valence-corrected chi connectivity index (χ2v) is 5.12. The van der Waals surface area contributed by atoms with Crippen LogP contribution < -0.4 is 5.32 Å². The van der Waals surface area contributed by atoms with Crippen molar-refractivity contribution < 1.29 is 4.79 Å². The molecule has 2 aromatic carbocycles. The number of aromatic nitrogens is 1. The van der Waals surface area contributed by atoms with E-state index in [1.807, 2.05) is 30.3 Å². The molecule has 0 aliphatic carbocycles. The number of anilines is 1. The molecular weight excluding hydrogens is 272 g/mol. The average molecular weight is 288 g/mol. The fourth-order valence-corrected chi connectivity index (χ4v) is 2.16. The molecule has 3 nitrogen and oxygen atoms in total. The van der Waals surface area contributed by atoms with E-state index in [-0.39, 0.29) is 5.91 Å². The largest absolute Gasteiger partial charge is 0.307 e. The van der Waals surface area contributed by atoms with Crippen LogP contribution in [0.1, 0.15) is 15.9 Å². The Hall–Kier alpha value is -2.94. The molecule has 1 amide bonds. The van der Waals surface area contributed by atoms with E-state index in [0.717, 1.165) is 11.1 Å². The van der Waals surface area contributed by atoms with Crippen molar-refractivity contribution in [2.24, 2.45) is 0 Å². The summed E-state index contributed by atoms with van der Waals surface area (Å²) in [5.74, 6) is 0.390. The summed E-state index contributed by atoms with van der Waals surface area (Å²) < 4.78 is 0. The second kappa shape index (κ2) is 6.22. The summed E-state index contributed by atoms with van der Waals surface area (Å²) in [7, 11) is 0. The Morgan fingerprint density at radius 1 is 0.864 bits per heavy atom. The summed E-state index contributed by atoms with van der Waals surface area (Å²) in [6.07, 6.45) is 1.77. The topological polar surface area (TPSA) is 42.0 Å². The number of benzene rings is 2. The van der Waals surface area contributed by atoms with E-state index < -0.39 is 0 Å². The predicted octanol–water partition coefficient (Wildman–Crippen LogP) is 4.31. The molecule has 0 fully saturated rings. The number of aryl methyl sites for hydroxylation is 1. The third-order valence-corrected chi connectivity index (χ3v) is 3.43. The first kappa shape index (κ1) is 14.0. The molecule has 0 atom stereocenters. The number of hydrogen-bond acceptors (Lipinski definition) is 2. The van der Waals surface area contributed by atoms with Gasteiger partial charge in [0.25, 0.3) is 5.91 Å². The zero-order valence-electron chi connectivity index (χ0n) is 12.3. The summed E-state index contributed by atoms with van der Waals surface area (Å²) in [5, 5.41) is 2.80. The van der Waals surface area contributed by atoms with Gasteiger partial charge in [0.2, 0.25) is 0 Å². The molecule has 0 aliphatic rings. The molecule has 0 radical (unpaired) electrons. The van der Waals surface area contributed by atoms with E-state index in [1.54, 1.807) is 18.3 Å². The SMILES string of the molecule is Cc1ccc(-c2ccc(NC(=O)c3ccccc3)nc2)cc1. The normalized spacial score (nSPS) is 10.2. The first-order chi connectivity index (χ1) is 10.7. The minimum atomic E-state index is -0.156. The molecule has 1 heterocycles. The third-order valence-electron chi connectivity index (χ3n) is 3.43. The zero-order valence-corrected chi connectivity index (χ0v) is 12.3. The van der Waals surface area contributed by atoms with Crippen molar-refractivity contribution in [1.82, 2.24) is 4.98 Å².